The SMILES string of the molecule is Fc1cccc(-c2c(CCNc3ncnc4nc[nH]c34)cc(F)c3cccnc23)c1. The van der Waals surface area contributed by atoms with E-state index in [1.165, 1.54) is 24.5 Å². The van der Waals surface area contributed by atoms with E-state index in [4.69, 9.17) is 0 Å². The van der Waals surface area contributed by atoms with Gasteiger partial charge in [0.25, 0.3) is 0 Å². The maximum Gasteiger partial charge on any atom is 0.182 e. The van der Waals surface area contributed by atoms with Crippen LogP contribution in [0.15, 0.2) is 61.3 Å². The fraction of sp³-hybridized carbons (Fsp3) is 0.0909. The van der Waals surface area contributed by atoms with E-state index in [9.17, 15) is 8.78 Å². The first-order chi connectivity index (χ1) is 14.7. The number of imidazole rings is 1. The summed E-state index contributed by atoms with van der Waals surface area (Å²) in [5.41, 5.74) is 3.89. The van der Waals surface area contributed by atoms with Crippen molar-refractivity contribution in [2.45, 2.75) is 6.42 Å². The zero-order chi connectivity index (χ0) is 20.5. The molecule has 0 amide bonds. The summed E-state index contributed by atoms with van der Waals surface area (Å²) in [6, 6.07) is 11.1. The molecule has 0 radical (unpaired) electrons. The van der Waals surface area contributed by atoms with E-state index in [0.717, 1.165) is 11.1 Å². The Balaban J connectivity index is 1.53. The van der Waals surface area contributed by atoms with Crippen molar-refractivity contribution >= 4 is 27.9 Å². The summed E-state index contributed by atoms with van der Waals surface area (Å²) in [6.45, 7) is 0.477. The molecule has 2 aromatic carbocycles. The number of hydrogen-bond donors (Lipinski definition) is 2. The van der Waals surface area contributed by atoms with E-state index in [0.29, 0.717) is 46.4 Å². The maximum absolute atomic E-state index is 14.8. The van der Waals surface area contributed by atoms with Gasteiger partial charge in [-0.2, -0.15) is 0 Å². The predicted octanol–water partition coefficient (Wildman–Crippen LogP) is 4.50. The van der Waals surface area contributed by atoms with Gasteiger partial charge in [0.1, 0.15) is 23.5 Å². The second kappa shape index (κ2) is 7.47. The van der Waals surface area contributed by atoms with Crippen molar-refractivity contribution < 1.29 is 8.78 Å². The average Bonchev–Trinajstić information content (AvgIpc) is 3.24. The van der Waals surface area contributed by atoms with Gasteiger partial charge in [0.05, 0.1) is 11.8 Å². The third kappa shape index (κ3) is 3.22. The summed E-state index contributed by atoms with van der Waals surface area (Å²) >= 11 is 0. The number of pyridine rings is 1. The van der Waals surface area contributed by atoms with Crippen molar-refractivity contribution in [1.29, 1.82) is 0 Å². The zero-order valence-electron chi connectivity index (χ0n) is 15.7. The Bertz CT molecular complexity index is 1360. The van der Waals surface area contributed by atoms with Crippen LogP contribution >= 0.6 is 0 Å². The van der Waals surface area contributed by atoms with Gasteiger partial charge in [0.15, 0.2) is 11.5 Å². The highest BCUT2D eigenvalue weighted by Gasteiger charge is 2.16. The van der Waals surface area contributed by atoms with Crippen molar-refractivity contribution in [1.82, 2.24) is 24.9 Å². The molecule has 148 valence electrons. The molecule has 30 heavy (non-hydrogen) atoms. The van der Waals surface area contributed by atoms with Gasteiger partial charge in [-0.15, -0.1) is 0 Å². The van der Waals surface area contributed by atoms with Crippen LogP contribution in [-0.2, 0) is 6.42 Å². The Morgan fingerprint density at radius 1 is 0.967 bits per heavy atom. The van der Waals surface area contributed by atoms with E-state index in [1.54, 1.807) is 36.8 Å². The van der Waals surface area contributed by atoms with Gasteiger partial charge in [0, 0.05) is 23.7 Å². The van der Waals surface area contributed by atoms with E-state index in [2.05, 4.69) is 30.2 Å². The number of fused-ring (bicyclic) bond motifs is 2. The summed E-state index contributed by atoms with van der Waals surface area (Å²) in [5.74, 6) is -0.0944. The number of hydrogen-bond acceptors (Lipinski definition) is 5. The molecular formula is C22H16F2N6. The molecule has 0 bridgehead atoms. The van der Waals surface area contributed by atoms with Crippen LogP contribution in [0.3, 0.4) is 0 Å². The van der Waals surface area contributed by atoms with Crippen molar-refractivity contribution in [2.75, 3.05) is 11.9 Å². The van der Waals surface area contributed by atoms with Crippen molar-refractivity contribution in [2.24, 2.45) is 0 Å². The van der Waals surface area contributed by atoms with Crippen LogP contribution in [-0.4, -0.2) is 31.5 Å². The van der Waals surface area contributed by atoms with Crippen molar-refractivity contribution in [3.05, 3.63) is 78.5 Å². The average molecular weight is 402 g/mol. The molecule has 0 spiro atoms. The topological polar surface area (TPSA) is 79.4 Å². The first-order valence-electron chi connectivity index (χ1n) is 9.41. The number of aromatic amines is 1. The lowest BCUT2D eigenvalue weighted by Crippen LogP contribution is -2.09. The van der Waals surface area contributed by atoms with Crippen molar-refractivity contribution in [3.8, 4) is 11.1 Å². The van der Waals surface area contributed by atoms with Crippen molar-refractivity contribution in [3.63, 3.8) is 0 Å². The molecule has 0 fully saturated rings. The second-order valence-electron chi connectivity index (χ2n) is 6.80. The van der Waals surface area contributed by atoms with Crippen LogP contribution < -0.4 is 5.32 Å². The number of nitrogens with one attached hydrogen (secondary N) is 2. The molecule has 5 rings (SSSR count). The molecule has 0 saturated carbocycles. The highest BCUT2D eigenvalue weighted by Crippen LogP contribution is 2.33. The summed E-state index contributed by atoms with van der Waals surface area (Å²) in [5, 5.41) is 3.65. The fourth-order valence-electron chi connectivity index (χ4n) is 3.63. The van der Waals surface area contributed by atoms with Crippen LogP contribution in [0, 0.1) is 11.6 Å². The molecule has 0 saturated heterocycles. The number of nitrogens with zero attached hydrogens (tertiary/aromatic N) is 4. The van der Waals surface area contributed by atoms with Gasteiger partial charge in [-0.3, -0.25) is 4.98 Å². The Kier molecular flexibility index (Phi) is 4.51. The molecule has 2 N–H and O–H groups in total. The van der Waals surface area contributed by atoms with E-state index < -0.39 is 0 Å². The largest absolute Gasteiger partial charge is 0.368 e. The van der Waals surface area contributed by atoms with Gasteiger partial charge in [-0.25, -0.2) is 23.7 Å². The molecule has 0 aliphatic rings. The summed E-state index contributed by atoms with van der Waals surface area (Å²) < 4.78 is 28.7. The molecule has 0 atom stereocenters. The number of anilines is 1. The lowest BCUT2D eigenvalue weighted by molar-refractivity contribution is 0.628. The van der Waals surface area contributed by atoms with Crippen LogP contribution in [0.25, 0.3) is 33.2 Å². The third-order valence-corrected chi connectivity index (χ3v) is 4.95. The number of halogens is 2. The molecule has 5 aromatic rings. The van der Waals surface area contributed by atoms with Gasteiger partial charge in [0.2, 0.25) is 0 Å². The summed E-state index contributed by atoms with van der Waals surface area (Å²) in [6.07, 6.45) is 5.08. The predicted molar refractivity (Wildman–Crippen MR) is 111 cm³/mol. The van der Waals surface area contributed by atoms with Crippen LogP contribution in [0.4, 0.5) is 14.6 Å². The molecule has 3 aromatic heterocycles. The van der Waals surface area contributed by atoms with Gasteiger partial charge < -0.3 is 10.3 Å². The minimum Gasteiger partial charge on any atom is -0.368 e. The Morgan fingerprint density at radius 3 is 2.80 bits per heavy atom. The van der Waals surface area contributed by atoms with Gasteiger partial charge in [-0.05, 0) is 47.9 Å². The Labute approximate surface area is 170 Å². The summed E-state index contributed by atoms with van der Waals surface area (Å²) in [7, 11) is 0. The number of benzene rings is 2. The third-order valence-electron chi connectivity index (χ3n) is 4.95. The summed E-state index contributed by atoms with van der Waals surface area (Å²) in [4.78, 5) is 19.8. The van der Waals surface area contributed by atoms with E-state index in [1.807, 2.05) is 0 Å². The smallest absolute Gasteiger partial charge is 0.182 e. The number of aromatic nitrogens is 5. The molecular weight excluding hydrogens is 386 g/mol. The monoisotopic (exact) mass is 402 g/mol. The molecule has 8 heteroatoms. The first kappa shape index (κ1) is 18.1. The van der Waals surface area contributed by atoms with E-state index in [-0.39, 0.29) is 11.6 Å². The molecule has 3 heterocycles. The Morgan fingerprint density at radius 2 is 1.90 bits per heavy atom. The Hall–Kier alpha value is -3.94. The lowest BCUT2D eigenvalue weighted by Gasteiger charge is -2.14. The fourth-order valence-corrected chi connectivity index (χ4v) is 3.63. The van der Waals surface area contributed by atoms with E-state index >= 15 is 0 Å². The molecule has 0 aliphatic heterocycles. The molecule has 6 nitrogen and oxygen atoms in total. The minimum atomic E-state index is -0.355. The maximum atomic E-state index is 14.8. The minimum absolute atomic E-state index is 0.354. The van der Waals surface area contributed by atoms with Gasteiger partial charge in [-0.1, -0.05) is 12.1 Å². The first-order valence-corrected chi connectivity index (χ1v) is 9.41. The van der Waals surface area contributed by atoms with Gasteiger partial charge >= 0.3 is 0 Å². The molecule has 0 aliphatic carbocycles. The normalized spacial score (nSPS) is 11.3. The number of H-pyrrole nitrogens is 1. The lowest BCUT2D eigenvalue weighted by atomic mass is 9.94. The second-order valence-corrected chi connectivity index (χ2v) is 6.80. The van der Waals surface area contributed by atoms with Crippen LogP contribution in [0.2, 0.25) is 0 Å². The molecule has 0 unspecified atom stereocenters. The van der Waals surface area contributed by atoms with Crippen LogP contribution in [0.1, 0.15) is 5.56 Å². The number of rotatable bonds is 5. The van der Waals surface area contributed by atoms with Crippen LogP contribution in [0.5, 0.6) is 0 Å². The highest BCUT2D eigenvalue weighted by molar-refractivity contribution is 5.95. The highest BCUT2D eigenvalue weighted by atomic mass is 19.1. The quantitative estimate of drug-likeness (QED) is 0.453. The standard InChI is InChI=1S/C22H16F2N6/c23-15-4-1-3-13(9-15)18-14(10-17(24)16-5-2-7-25-19(16)18)6-8-26-21-20-22(28-11-27-20)30-12-29-21/h1-5,7,9-12H,6,8H2,(H2,26,27,28,29,30). The zero-order valence-corrected chi connectivity index (χ0v) is 15.7.